The van der Waals surface area contributed by atoms with E-state index in [0.717, 1.165) is 34.4 Å². The Hall–Kier alpha value is -2.19. The zero-order chi connectivity index (χ0) is 19.5. The van der Waals surface area contributed by atoms with Crippen LogP contribution in [-0.2, 0) is 5.75 Å². The number of nitrogens with zero attached hydrogens (tertiary/aromatic N) is 4. The van der Waals surface area contributed by atoms with Crippen molar-refractivity contribution in [2.24, 2.45) is 5.10 Å². The molecular weight excluding hydrogens is 415 g/mol. The number of thioether (sulfide) groups is 1. The van der Waals surface area contributed by atoms with Gasteiger partial charge in [-0.05, 0) is 24.6 Å². The summed E-state index contributed by atoms with van der Waals surface area (Å²) in [4.78, 5) is 0. The lowest BCUT2D eigenvalue weighted by molar-refractivity contribution is 0.308. The lowest BCUT2D eigenvalue weighted by Crippen LogP contribution is -2.40. The fraction of sp³-hybridized carbons (Fsp3) is 0.158. The maximum atomic E-state index is 6.47. The molecule has 9 heteroatoms. The van der Waals surface area contributed by atoms with Gasteiger partial charge in [0.1, 0.15) is 5.03 Å². The molecule has 1 aliphatic rings. The molecule has 1 aromatic heterocycles. The SMILES string of the molecule is CCN1NNN=C1c1cnn(-c2cccc(Cl)c2Cl)c1SCc1ccccc1. The minimum Gasteiger partial charge on any atom is -0.271 e. The second-order valence-corrected chi connectivity index (χ2v) is 7.77. The zero-order valence-electron chi connectivity index (χ0n) is 15.1. The smallest absolute Gasteiger partial charge is 0.177 e. The minimum absolute atomic E-state index is 0.470. The van der Waals surface area contributed by atoms with Crippen molar-refractivity contribution < 1.29 is 0 Å². The van der Waals surface area contributed by atoms with E-state index in [1.165, 1.54) is 5.56 Å². The zero-order valence-corrected chi connectivity index (χ0v) is 17.4. The molecule has 0 radical (unpaired) electrons. The Kier molecular flexibility index (Phi) is 5.77. The maximum absolute atomic E-state index is 6.47. The molecule has 0 spiro atoms. The van der Waals surface area contributed by atoms with Crippen LogP contribution in [-0.4, -0.2) is 27.2 Å². The molecule has 28 heavy (non-hydrogen) atoms. The van der Waals surface area contributed by atoms with E-state index in [1.807, 2.05) is 46.9 Å². The predicted molar refractivity (Wildman–Crippen MR) is 115 cm³/mol. The number of hydrogen-bond acceptors (Lipinski definition) is 6. The molecule has 0 aliphatic carbocycles. The average molecular weight is 433 g/mol. The highest BCUT2D eigenvalue weighted by molar-refractivity contribution is 7.98. The van der Waals surface area contributed by atoms with E-state index in [1.54, 1.807) is 24.0 Å². The molecule has 3 aromatic rings. The van der Waals surface area contributed by atoms with Gasteiger partial charge in [0.05, 0.1) is 27.5 Å². The Morgan fingerprint density at radius 2 is 1.89 bits per heavy atom. The molecule has 2 heterocycles. The molecule has 0 fully saturated rings. The first-order valence-electron chi connectivity index (χ1n) is 8.74. The van der Waals surface area contributed by atoms with Crippen LogP contribution < -0.4 is 11.1 Å². The van der Waals surface area contributed by atoms with Crippen molar-refractivity contribution in [2.75, 3.05) is 6.54 Å². The lowest BCUT2D eigenvalue weighted by atomic mass is 10.2. The predicted octanol–water partition coefficient (Wildman–Crippen LogP) is 4.48. The van der Waals surface area contributed by atoms with Gasteiger partial charge in [0.2, 0.25) is 0 Å². The summed E-state index contributed by atoms with van der Waals surface area (Å²) in [6.07, 6.45) is 1.81. The topological polar surface area (TPSA) is 57.5 Å². The number of hydrogen-bond donors (Lipinski definition) is 2. The van der Waals surface area contributed by atoms with Crippen molar-refractivity contribution in [3.05, 3.63) is 75.9 Å². The number of benzene rings is 2. The van der Waals surface area contributed by atoms with E-state index in [4.69, 9.17) is 23.2 Å². The van der Waals surface area contributed by atoms with Gasteiger partial charge in [-0.2, -0.15) is 5.10 Å². The number of hydrazone groups is 1. The van der Waals surface area contributed by atoms with Crippen LogP contribution >= 0.6 is 35.0 Å². The van der Waals surface area contributed by atoms with Gasteiger partial charge in [0.15, 0.2) is 5.84 Å². The van der Waals surface area contributed by atoms with Crippen molar-refractivity contribution in [1.29, 1.82) is 0 Å². The third-order valence-corrected chi connectivity index (χ3v) is 6.22. The van der Waals surface area contributed by atoms with Gasteiger partial charge in [-0.3, -0.25) is 5.01 Å². The van der Waals surface area contributed by atoms with Crippen LogP contribution in [0.3, 0.4) is 0 Å². The highest BCUT2D eigenvalue weighted by Crippen LogP contribution is 2.34. The van der Waals surface area contributed by atoms with Gasteiger partial charge in [-0.25, -0.2) is 10.2 Å². The van der Waals surface area contributed by atoms with Crippen LogP contribution in [0.2, 0.25) is 10.0 Å². The van der Waals surface area contributed by atoms with Crippen molar-refractivity contribution in [3.8, 4) is 5.69 Å². The molecule has 6 nitrogen and oxygen atoms in total. The van der Waals surface area contributed by atoms with Crippen LogP contribution in [0.25, 0.3) is 5.69 Å². The van der Waals surface area contributed by atoms with Gasteiger partial charge in [0, 0.05) is 12.3 Å². The Morgan fingerprint density at radius 1 is 1.07 bits per heavy atom. The summed E-state index contributed by atoms with van der Waals surface area (Å²) in [5, 5.41) is 12.8. The summed E-state index contributed by atoms with van der Waals surface area (Å²) in [5.41, 5.74) is 8.69. The summed E-state index contributed by atoms with van der Waals surface area (Å²) in [7, 11) is 0. The van der Waals surface area contributed by atoms with Gasteiger partial charge in [-0.15, -0.1) is 22.4 Å². The fourth-order valence-corrected chi connectivity index (χ4v) is 4.31. The van der Waals surface area contributed by atoms with E-state index in [2.05, 4.69) is 33.4 Å². The van der Waals surface area contributed by atoms with E-state index in [0.29, 0.717) is 10.0 Å². The van der Waals surface area contributed by atoms with Crippen LogP contribution in [0.15, 0.2) is 64.9 Å². The van der Waals surface area contributed by atoms with Gasteiger partial charge >= 0.3 is 0 Å². The molecule has 0 unspecified atom stereocenters. The van der Waals surface area contributed by atoms with Gasteiger partial charge in [-0.1, -0.05) is 59.6 Å². The Bertz CT molecular complexity index is 1000. The molecule has 1 aliphatic heterocycles. The summed E-state index contributed by atoms with van der Waals surface area (Å²) in [6, 6.07) is 15.8. The second kappa shape index (κ2) is 8.45. The lowest BCUT2D eigenvalue weighted by Gasteiger charge is -2.17. The first-order chi connectivity index (χ1) is 13.7. The Labute approximate surface area is 177 Å². The summed E-state index contributed by atoms with van der Waals surface area (Å²) in [6.45, 7) is 2.79. The largest absolute Gasteiger partial charge is 0.271 e. The standard InChI is InChI=1S/C19H18Cl2N6S/c1-2-26-18(23-24-25-26)14-11-22-27(16-10-6-9-15(20)17(16)21)19(14)28-12-13-7-4-3-5-8-13/h3-11,24-25H,2,12H2,1H3. The number of aromatic nitrogens is 2. The monoisotopic (exact) mass is 432 g/mol. The second-order valence-electron chi connectivity index (χ2n) is 6.03. The molecule has 4 rings (SSSR count). The number of hydrazine groups is 2. The molecule has 2 aromatic carbocycles. The summed E-state index contributed by atoms with van der Waals surface area (Å²) >= 11 is 14.4. The van der Waals surface area contributed by atoms with E-state index >= 15 is 0 Å². The number of halogens is 2. The molecule has 0 saturated heterocycles. The van der Waals surface area contributed by atoms with E-state index in [-0.39, 0.29) is 0 Å². The van der Waals surface area contributed by atoms with E-state index < -0.39 is 0 Å². The number of rotatable bonds is 6. The van der Waals surface area contributed by atoms with Crippen LogP contribution in [0.5, 0.6) is 0 Å². The molecule has 0 atom stereocenters. The normalized spacial score (nSPS) is 13.5. The first-order valence-corrected chi connectivity index (χ1v) is 10.5. The molecule has 2 N–H and O–H groups in total. The first kappa shape index (κ1) is 19.1. The highest BCUT2D eigenvalue weighted by atomic mass is 35.5. The quantitative estimate of drug-likeness (QED) is 0.562. The Balaban J connectivity index is 1.77. The maximum Gasteiger partial charge on any atom is 0.177 e. The van der Waals surface area contributed by atoms with Crippen LogP contribution in [0.4, 0.5) is 0 Å². The van der Waals surface area contributed by atoms with Crippen LogP contribution in [0.1, 0.15) is 18.1 Å². The minimum atomic E-state index is 0.470. The van der Waals surface area contributed by atoms with E-state index in [9.17, 15) is 0 Å². The molecule has 0 amide bonds. The average Bonchev–Trinajstić information content (AvgIpc) is 3.35. The number of amidine groups is 1. The fourth-order valence-electron chi connectivity index (χ4n) is 2.87. The molecule has 0 bridgehead atoms. The number of nitrogens with one attached hydrogen (secondary N) is 2. The third-order valence-electron chi connectivity index (χ3n) is 4.26. The van der Waals surface area contributed by atoms with Crippen molar-refractivity contribution >= 4 is 40.8 Å². The molecule has 0 saturated carbocycles. The van der Waals surface area contributed by atoms with Crippen molar-refractivity contribution in [1.82, 2.24) is 25.9 Å². The summed E-state index contributed by atoms with van der Waals surface area (Å²) in [5.74, 6) is 1.57. The third kappa shape index (κ3) is 3.71. The van der Waals surface area contributed by atoms with Gasteiger partial charge < -0.3 is 0 Å². The molecular formula is C19H18Cl2N6S. The van der Waals surface area contributed by atoms with Crippen molar-refractivity contribution in [3.63, 3.8) is 0 Å². The molecule has 144 valence electrons. The summed E-state index contributed by atoms with van der Waals surface area (Å²) < 4.78 is 1.83. The van der Waals surface area contributed by atoms with Crippen molar-refractivity contribution in [2.45, 2.75) is 17.7 Å². The van der Waals surface area contributed by atoms with Crippen LogP contribution in [0, 0.1) is 0 Å². The highest BCUT2D eigenvalue weighted by Gasteiger charge is 2.25. The van der Waals surface area contributed by atoms with Gasteiger partial charge in [0.25, 0.3) is 0 Å². The Morgan fingerprint density at radius 3 is 2.68 bits per heavy atom.